The summed E-state index contributed by atoms with van der Waals surface area (Å²) in [6.07, 6.45) is 0.772. The Hall–Kier alpha value is -2.52. The van der Waals surface area contributed by atoms with E-state index in [2.05, 4.69) is 29.4 Å². The molecule has 0 aliphatic carbocycles. The van der Waals surface area contributed by atoms with Crippen LogP contribution in [0.2, 0.25) is 0 Å². The molecule has 2 aromatic heterocycles. The molecule has 136 valence electrons. The summed E-state index contributed by atoms with van der Waals surface area (Å²) in [6.45, 7) is 4.13. The number of carbonyl (C=O) groups excluding carboxylic acids is 1. The predicted octanol–water partition coefficient (Wildman–Crippen LogP) is 3.41. The maximum atomic E-state index is 12.5. The number of amides is 1. The average Bonchev–Trinajstić information content (AvgIpc) is 3.25. The summed E-state index contributed by atoms with van der Waals surface area (Å²) in [4.78, 5) is 12.4. The fourth-order valence-electron chi connectivity index (χ4n) is 2.20. The second kappa shape index (κ2) is 7.38. The van der Waals surface area contributed by atoms with E-state index in [9.17, 15) is 13.2 Å². The number of nitrogens with one attached hydrogen (secondary N) is 1. The lowest BCUT2D eigenvalue weighted by atomic mass is 10.1. The minimum atomic E-state index is -3.81. The van der Waals surface area contributed by atoms with Gasteiger partial charge in [0.05, 0.1) is 4.90 Å². The van der Waals surface area contributed by atoms with E-state index in [1.54, 1.807) is 18.2 Å². The summed E-state index contributed by atoms with van der Waals surface area (Å²) in [7, 11) is -3.81. The molecule has 0 unspecified atom stereocenters. The molecule has 0 fully saturated rings. The Balaban J connectivity index is 1.75. The smallest absolute Gasteiger partial charge is 0.293 e. The van der Waals surface area contributed by atoms with Gasteiger partial charge in [-0.3, -0.25) is 10.1 Å². The van der Waals surface area contributed by atoms with Crippen molar-refractivity contribution < 1.29 is 17.6 Å². The van der Waals surface area contributed by atoms with Crippen molar-refractivity contribution in [3.63, 3.8) is 0 Å². The first-order chi connectivity index (χ1) is 12.4. The third kappa shape index (κ3) is 4.00. The first-order valence-electron chi connectivity index (χ1n) is 7.90. The highest BCUT2D eigenvalue weighted by Gasteiger charge is 2.23. The molecular weight excluding hydrogens is 374 g/mol. The van der Waals surface area contributed by atoms with Crippen LogP contribution < -0.4 is 5.32 Å². The van der Waals surface area contributed by atoms with E-state index in [0.717, 1.165) is 11.4 Å². The molecule has 1 N–H and O–H groups in total. The summed E-state index contributed by atoms with van der Waals surface area (Å²) in [6, 6.07) is 10.5. The van der Waals surface area contributed by atoms with Gasteiger partial charge in [0.1, 0.15) is 5.01 Å². The Labute approximate surface area is 155 Å². The fraction of sp³-hybridized carbons (Fsp3) is 0.235. The van der Waals surface area contributed by atoms with Gasteiger partial charge in [0.2, 0.25) is 20.1 Å². The van der Waals surface area contributed by atoms with Gasteiger partial charge >= 0.3 is 0 Å². The van der Waals surface area contributed by atoms with Gasteiger partial charge in [-0.05, 0) is 30.2 Å². The number of sulfone groups is 1. The van der Waals surface area contributed by atoms with Gasteiger partial charge in [-0.25, -0.2) is 8.42 Å². The third-order valence-corrected chi connectivity index (χ3v) is 5.90. The molecule has 0 radical (unpaired) electrons. The van der Waals surface area contributed by atoms with Crippen LogP contribution in [-0.4, -0.2) is 24.5 Å². The van der Waals surface area contributed by atoms with Crippen molar-refractivity contribution in [1.29, 1.82) is 0 Å². The highest BCUT2D eigenvalue weighted by atomic mass is 32.2. The Morgan fingerprint density at radius 3 is 2.58 bits per heavy atom. The lowest BCUT2D eigenvalue weighted by Gasteiger charge is -2.01. The van der Waals surface area contributed by atoms with Crippen molar-refractivity contribution in [3.8, 4) is 0 Å². The Kier molecular flexibility index (Phi) is 5.19. The maximum absolute atomic E-state index is 12.5. The minimum Gasteiger partial charge on any atom is -0.439 e. The molecule has 0 aliphatic heterocycles. The van der Waals surface area contributed by atoms with E-state index in [4.69, 9.17) is 4.42 Å². The van der Waals surface area contributed by atoms with E-state index < -0.39 is 15.7 Å². The maximum Gasteiger partial charge on any atom is 0.293 e. The van der Waals surface area contributed by atoms with Crippen molar-refractivity contribution in [2.75, 3.05) is 5.32 Å². The van der Waals surface area contributed by atoms with Crippen LogP contribution in [0.5, 0.6) is 0 Å². The molecule has 7 nitrogen and oxygen atoms in total. The summed E-state index contributed by atoms with van der Waals surface area (Å²) in [5.41, 5.74) is 0. The molecule has 1 aromatic carbocycles. The topological polar surface area (TPSA) is 102 Å². The summed E-state index contributed by atoms with van der Waals surface area (Å²) in [5.74, 6) is -0.255. The number of anilines is 1. The van der Waals surface area contributed by atoms with Crippen molar-refractivity contribution in [3.05, 3.63) is 53.2 Å². The van der Waals surface area contributed by atoms with Crippen LogP contribution in [0.1, 0.15) is 29.4 Å². The Morgan fingerprint density at radius 1 is 1.15 bits per heavy atom. The zero-order valence-corrected chi connectivity index (χ0v) is 15.8. The molecule has 0 spiro atoms. The van der Waals surface area contributed by atoms with Gasteiger partial charge in [-0.1, -0.05) is 43.4 Å². The van der Waals surface area contributed by atoms with Gasteiger partial charge in [0, 0.05) is 6.42 Å². The molecule has 0 saturated heterocycles. The summed E-state index contributed by atoms with van der Waals surface area (Å²) in [5, 5.41) is 11.4. The Bertz CT molecular complexity index is 1010. The first kappa shape index (κ1) is 18.3. The predicted molar refractivity (Wildman–Crippen MR) is 97.0 cm³/mol. The van der Waals surface area contributed by atoms with Crippen molar-refractivity contribution in [2.45, 2.75) is 30.3 Å². The number of hydrogen-bond acceptors (Lipinski definition) is 7. The Morgan fingerprint density at radius 2 is 1.88 bits per heavy atom. The number of nitrogens with zero attached hydrogens (tertiary/aromatic N) is 2. The molecule has 2 heterocycles. The lowest BCUT2D eigenvalue weighted by molar-refractivity contribution is 0.0991. The van der Waals surface area contributed by atoms with E-state index in [-0.39, 0.29) is 15.7 Å². The number of rotatable bonds is 6. The van der Waals surface area contributed by atoms with E-state index in [0.29, 0.717) is 11.0 Å². The quantitative estimate of drug-likeness (QED) is 0.691. The normalized spacial score (nSPS) is 11.7. The number of furan rings is 1. The fourth-order valence-corrected chi connectivity index (χ4v) is 4.34. The van der Waals surface area contributed by atoms with Crippen molar-refractivity contribution in [2.24, 2.45) is 5.92 Å². The molecule has 1 amide bonds. The van der Waals surface area contributed by atoms with Crippen molar-refractivity contribution in [1.82, 2.24) is 10.2 Å². The van der Waals surface area contributed by atoms with Crippen LogP contribution in [0.4, 0.5) is 5.13 Å². The minimum absolute atomic E-state index is 0.101. The van der Waals surface area contributed by atoms with Gasteiger partial charge in [0.25, 0.3) is 5.91 Å². The SMILES string of the molecule is CC(C)Cc1nnc(NC(=O)c2ccc(S(=O)(=O)c3ccccc3)o2)s1. The van der Waals surface area contributed by atoms with Gasteiger partial charge in [-0.2, -0.15) is 0 Å². The third-order valence-electron chi connectivity index (χ3n) is 3.39. The second-order valence-electron chi connectivity index (χ2n) is 5.99. The highest BCUT2D eigenvalue weighted by molar-refractivity contribution is 7.91. The van der Waals surface area contributed by atoms with Crippen LogP contribution in [0.15, 0.2) is 56.9 Å². The summed E-state index contributed by atoms with van der Waals surface area (Å²) >= 11 is 1.28. The highest BCUT2D eigenvalue weighted by Crippen LogP contribution is 2.24. The van der Waals surface area contributed by atoms with Crippen LogP contribution >= 0.6 is 11.3 Å². The average molecular weight is 391 g/mol. The molecule has 0 aliphatic rings. The lowest BCUT2D eigenvalue weighted by Crippen LogP contribution is -2.10. The van der Waals surface area contributed by atoms with Crippen LogP contribution in [0, 0.1) is 5.92 Å². The molecule has 0 atom stereocenters. The van der Waals surface area contributed by atoms with Crippen LogP contribution in [-0.2, 0) is 16.3 Å². The zero-order chi connectivity index (χ0) is 18.7. The van der Waals surface area contributed by atoms with E-state index in [1.807, 2.05) is 0 Å². The second-order valence-corrected chi connectivity index (χ2v) is 8.93. The first-order valence-corrected chi connectivity index (χ1v) is 10.2. The largest absolute Gasteiger partial charge is 0.439 e. The van der Waals surface area contributed by atoms with Gasteiger partial charge in [-0.15, -0.1) is 10.2 Å². The molecule has 9 heteroatoms. The molecule has 26 heavy (non-hydrogen) atoms. The van der Waals surface area contributed by atoms with E-state index in [1.165, 1.54) is 35.6 Å². The monoisotopic (exact) mass is 391 g/mol. The zero-order valence-electron chi connectivity index (χ0n) is 14.2. The standard InChI is InChI=1S/C17H17N3O4S2/c1-11(2)10-14-19-20-17(25-14)18-16(21)13-8-9-15(24-13)26(22,23)12-6-4-3-5-7-12/h3-9,11H,10H2,1-2H3,(H,18,20,21). The number of benzene rings is 1. The number of carbonyl (C=O) groups is 1. The van der Waals surface area contributed by atoms with Crippen molar-refractivity contribution >= 4 is 32.2 Å². The van der Waals surface area contributed by atoms with Gasteiger partial charge < -0.3 is 4.42 Å². The molecule has 3 rings (SSSR count). The molecule has 0 bridgehead atoms. The molecule has 0 saturated carbocycles. The van der Waals surface area contributed by atoms with Crippen LogP contribution in [0.3, 0.4) is 0 Å². The van der Waals surface area contributed by atoms with E-state index >= 15 is 0 Å². The summed E-state index contributed by atoms with van der Waals surface area (Å²) < 4.78 is 30.2. The number of hydrogen-bond donors (Lipinski definition) is 1. The molecular formula is C17H17N3O4S2. The van der Waals surface area contributed by atoms with Gasteiger partial charge in [0.15, 0.2) is 5.76 Å². The number of aromatic nitrogens is 2. The molecule has 3 aromatic rings. The van der Waals surface area contributed by atoms with Crippen LogP contribution in [0.25, 0.3) is 0 Å².